The van der Waals surface area contributed by atoms with Gasteiger partial charge in [-0.2, -0.15) is 11.8 Å². The Morgan fingerprint density at radius 3 is 2.50 bits per heavy atom. The highest BCUT2D eigenvalue weighted by Gasteiger charge is 2.14. The highest BCUT2D eigenvalue weighted by molar-refractivity contribution is 9.10. The van der Waals surface area contributed by atoms with Gasteiger partial charge < -0.3 is 5.73 Å². The third-order valence-corrected chi connectivity index (χ3v) is 4.40. The van der Waals surface area contributed by atoms with Crippen LogP contribution in [0.15, 0.2) is 28.7 Å². The van der Waals surface area contributed by atoms with Crippen molar-refractivity contribution in [1.29, 1.82) is 0 Å². The smallest absolute Gasteiger partial charge is 0.0207 e. The summed E-state index contributed by atoms with van der Waals surface area (Å²) in [5.41, 5.74) is 7.44. The van der Waals surface area contributed by atoms with E-state index in [2.05, 4.69) is 54.9 Å². The lowest BCUT2D eigenvalue weighted by Crippen LogP contribution is -2.28. The van der Waals surface area contributed by atoms with Crippen LogP contribution in [0.3, 0.4) is 0 Å². The van der Waals surface area contributed by atoms with Gasteiger partial charge >= 0.3 is 0 Å². The fourth-order valence-corrected chi connectivity index (χ4v) is 2.64. The molecule has 1 unspecified atom stereocenters. The van der Waals surface area contributed by atoms with E-state index in [0.29, 0.717) is 4.75 Å². The van der Waals surface area contributed by atoms with Crippen LogP contribution in [0.25, 0.3) is 0 Å². The Balaban J connectivity index is 2.46. The van der Waals surface area contributed by atoms with Crippen LogP contribution in [0.4, 0.5) is 0 Å². The van der Waals surface area contributed by atoms with Gasteiger partial charge in [-0.3, -0.25) is 0 Å². The zero-order valence-corrected chi connectivity index (χ0v) is 12.6. The monoisotopic (exact) mass is 301 g/mol. The molecule has 0 aliphatic rings. The Kier molecular flexibility index (Phi) is 5.35. The van der Waals surface area contributed by atoms with Gasteiger partial charge in [0.1, 0.15) is 0 Å². The molecule has 0 saturated heterocycles. The average molecular weight is 302 g/mol. The minimum Gasteiger partial charge on any atom is -0.327 e. The number of benzene rings is 1. The molecule has 3 heteroatoms. The van der Waals surface area contributed by atoms with Gasteiger partial charge in [0.25, 0.3) is 0 Å². The van der Waals surface area contributed by atoms with Gasteiger partial charge in [0.2, 0.25) is 0 Å². The van der Waals surface area contributed by atoms with Crippen LogP contribution in [0.5, 0.6) is 0 Å². The van der Waals surface area contributed by atoms with Gasteiger partial charge in [0.05, 0.1) is 0 Å². The van der Waals surface area contributed by atoms with Crippen LogP contribution in [0.1, 0.15) is 26.3 Å². The van der Waals surface area contributed by atoms with E-state index in [0.717, 1.165) is 16.6 Å². The third kappa shape index (κ3) is 5.37. The molecule has 1 atom stereocenters. The van der Waals surface area contributed by atoms with Crippen LogP contribution in [-0.4, -0.2) is 16.5 Å². The van der Waals surface area contributed by atoms with Crippen molar-refractivity contribution in [3.05, 3.63) is 34.3 Å². The molecule has 0 radical (unpaired) electrons. The Morgan fingerprint density at radius 2 is 1.94 bits per heavy atom. The Bertz CT molecular complexity index is 333. The minimum absolute atomic E-state index is 0.225. The number of rotatable bonds is 4. The summed E-state index contributed by atoms with van der Waals surface area (Å²) in [6, 6.07) is 8.51. The zero-order chi connectivity index (χ0) is 12.2. The lowest BCUT2D eigenvalue weighted by molar-refractivity contribution is 0.732. The zero-order valence-electron chi connectivity index (χ0n) is 10.2. The molecule has 0 aromatic heterocycles. The number of hydrogen-bond donors (Lipinski definition) is 1. The Morgan fingerprint density at radius 1 is 1.31 bits per heavy atom. The second kappa shape index (κ2) is 6.08. The highest BCUT2D eigenvalue weighted by atomic mass is 79.9. The first-order valence-corrected chi connectivity index (χ1v) is 7.29. The first kappa shape index (κ1) is 14.1. The second-order valence-electron chi connectivity index (χ2n) is 4.98. The second-order valence-corrected chi connectivity index (χ2v) is 7.68. The van der Waals surface area contributed by atoms with Crippen molar-refractivity contribution in [2.75, 3.05) is 5.75 Å². The molecule has 0 bridgehead atoms. The molecular weight excluding hydrogens is 282 g/mol. The van der Waals surface area contributed by atoms with E-state index >= 15 is 0 Å². The van der Waals surface area contributed by atoms with Gasteiger partial charge in [-0.25, -0.2) is 0 Å². The number of halogens is 1. The molecule has 1 rings (SSSR count). The molecule has 1 aromatic rings. The molecule has 0 aliphatic carbocycles. The van der Waals surface area contributed by atoms with E-state index in [1.807, 2.05) is 17.8 Å². The van der Waals surface area contributed by atoms with Gasteiger partial charge in [-0.05, 0) is 18.1 Å². The molecule has 0 heterocycles. The molecule has 1 nitrogen and oxygen atoms in total. The summed E-state index contributed by atoms with van der Waals surface area (Å²) >= 11 is 5.48. The molecule has 0 amide bonds. The molecule has 0 aliphatic heterocycles. The highest BCUT2D eigenvalue weighted by Crippen LogP contribution is 2.25. The standard InChI is InChI=1S/C13H20BrNS/c1-13(2,3)16-9-11(15)8-10-6-4-5-7-12(10)14/h4-7,11H,8-9,15H2,1-3H3. The van der Waals surface area contributed by atoms with E-state index < -0.39 is 0 Å². The van der Waals surface area contributed by atoms with Crippen molar-refractivity contribution < 1.29 is 0 Å². The molecule has 2 N–H and O–H groups in total. The molecule has 16 heavy (non-hydrogen) atoms. The molecule has 0 saturated carbocycles. The van der Waals surface area contributed by atoms with Gasteiger partial charge in [0, 0.05) is 21.0 Å². The summed E-state index contributed by atoms with van der Waals surface area (Å²) in [5, 5.41) is 0. The summed E-state index contributed by atoms with van der Waals surface area (Å²) in [5.74, 6) is 1.00. The SMILES string of the molecule is CC(C)(C)SCC(N)Cc1ccccc1Br. The van der Waals surface area contributed by atoms with Crippen LogP contribution < -0.4 is 5.73 Å². The molecular formula is C13H20BrNS. The normalized spacial score (nSPS) is 13.8. The number of thioether (sulfide) groups is 1. The molecule has 1 aromatic carbocycles. The van der Waals surface area contributed by atoms with Crippen molar-refractivity contribution in [1.82, 2.24) is 0 Å². The van der Waals surface area contributed by atoms with Crippen LogP contribution >= 0.6 is 27.7 Å². The summed E-state index contributed by atoms with van der Waals surface area (Å²) in [7, 11) is 0. The van der Waals surface area contributed by atoms with Crippen molar-refractivity contribution in [2.24, 2.45) is 5.73 Å². The third-order valence-electron chi connectivity index (χ3n) is 2.17. The lowest BCUT2D eigenvalue weighted by atomic mass is 10.1. The lowest BCUT2D eigenvalue weighted by Gasteiger charge is -2.20. The maximum absolute atomic E-state index is 6.14. The fourth-order valence-electron chi connectivity index (χ4n) is 1.36. The Labute approximate surface area is 111 Å². The first-order chi connectivity index (χ1) is 7.38. The summed E-state index contributed by atoms with van der Waals surface area (Å²) in [6.07, 6.45) is 0.935. The number of hydrogen-bond acceptors (Lipinski definition) is 2. The van der Waals surface area contributed by atoms with Crippen molar-refractivity contribution in [3.8, 4) is 0 Å². The van der Waals surface area contributed by atoms with E-state index in [4.69, 9.17) is 5.73 Å². The van der Waals surface area contributed by atoms with E-state index in [-0.39, 0.29) is 6.04 Å². The minimum atomic E-state index is 0.225. The molecule has 90 valence electrons. The maximum atomic E-state index is 6.14. The summed E-state index contributed by atoms with van der Waals surface area (Å²) in [4.78, 5) is 0. The topological polar surface area (TPSA) is 26.0 Å². The van der Waals surface area contributed by atoms with Gasteiger partial charge in [0.15, 0.2) is 0 Å². The first-order valence-electron chi connectivity index (χ1n) is 5.51. The van der Waals surface area contributed by atoms with E-state index in [1.54, 1.807) is 0 Å². The molecule has 0 fully saturated rings. The molecule has 0 spiro atoms. The Hall–Kier alpha value is 0.01000. The summed E-state index contributed by atoms with van der Waals surface area (Å²) in [6.45, 7) is 6.68. The van der Waals surface area contributed by atoms with E-state index in [1.165, 1.54) is 5.56 Å². The van der Waals surface area contributed by atoms with Crippen molar-refractivity contribution >= 4 is 27.7 Å². The number of nitrogens with two attached hydrogens (primary N) is 1. The van der Waals surface area contributed by atoms with Gasteiger partial charge in [-0.15, -0.1) is 0 Å². The van der Waals surface area contributed by atoms with Crippen LogP contribution in [0, 0.1) is 0 Å². The van der Waals surface area contributed by atoms with Crippen molar-refractivity contribution in [2.45, 2.75) is 38.0 Å². The van der Waals surface area contributed by atoms with Crippen LogP contribution in [-0.2, 0) is 6.42 Å². The summed E-state index contributed by atoms with van der Waals surface area (Å²) < 4.78 is 1.46. The predicted octanol–water partition coefficient (Wildman–Crippen LogP) is 3.85. The quantitative estimate of drug-likeness (QED) is 0.914. The average Bonchev–Trinajstić information content (AvgIpc) is 2.18. The largest absolute Gasteiger partial charge is 0.327 e. The van der Waals surface area contributed by atoms with E-state index in [9.17, 15) is 0 Å². The fraction of sp³-hybridized carbons (Fsp3) is 0.538. The van der Waals surface area contributed by atoms with Crippen LogP contribution in [0.2, 0.25) is 0 Å². The van der Waals surface area contributed by atoms with Crippen molar-refractivity contribution in [3.63, 3.8) is 0 Å². The predicted molar refractivity (Wildman–Crippen MR) is 78.0 cm³/mol. The maximum Gasteiger partial charge on any atom is 0.0207 e. The van der Waals surface area contributed by atoms with Gasteiger partial charge in [-0.1, -0.05) is 54.9 Å².